The van der Waals surface area contributed by atoms with E-state index in [4.69, 9.17) is 11.6 Å². The highest BCUT2D eigenvalue weighted by molar-refractivity contribution is 6.30. The fourth-order valence-corrected chi connectivity index (χ4v) is 3.55. The number of halogens is 1. The van der Waals surface area contributed by atoms with Crippen LogP contribution in [0.1, 0.15) is 30.9 Å². The first kappa shape index (κ1) is 20.5. The van der Waals surface area contributed by atoms with E-state index >= 15 is 0 Å². The van der Waals surface area contributed by atoms with Gasteiger partial charge in [-0.05, 0) is 55.2 Å². The van der Waals surface area contributed by atoms with E-state index in [-0.39, 0.29) is 5.75 Å². The molecule has 0 bridgehead atoms. The van der Waals surface area contributed by atoms with Gasteiger partial charge in [0.15, 0.2) is 5.96 Å². The van der Waals surface area contributed by atoms with Crippen molar-refractivity contribution in [1.29, 1.82) is 0 Å². The van der Waals surface area contributed by atoms with Gasteiger partial charge in [-0.3, -0.25) is 4.90 Å². The third-order valence-corrected chi connectivity index (χ3v) is 5.17. The lowest BCUT2D eigenvalue weighted by molar-refractivity contribution is 0.198. The summed E-state index contributed by atoms with van der Waals surface area (Å²) in [5.74, 6) is 1.11. The zero-order valence-corrected chi connectivity index (χ0v) is 17.1. The Kier molecular flexibility index (Phi) is 7.57. The lowest BCUT2D eigenvalue weighted by Gasteiger charge is -2.33. The molecule has 28 heavy (non-hydrogen) atoms. The number of guanidine groups is 1. The molecule has 1 fully saturated rings. The van der Waals surface area contributed by atoms with E-state index in [1.165, 1.54) is 5.56 Å². The van der Waals surface area contributed by atoms with Gasteiger partial charge in [-0.15, -0.1) is 0 Å². The van der Waals surface area contributed by atoms with Crippen LogP contribution in [-0.4, -0.2) is 41.6 Å². The van der Waals surface area contributed by atoms with E-state index in [9.17, 15) is 5.11 Å². The number of hydrogen-bond acceptors (Lipinski definition) is 3. The minimum Gasteiger partial charge on any atom is -0.508 e. The molecule has 0 atom stereocenters. The van der Waals surface area contributed by atoms with E-state index < -0.39 is 0 Å². The maximum Gasteiger partial charge on any atom is 0.191 e. The predicted octanol–water partition coefficient (Wildman–Crippen LogP) is 3.77. The summed E-state index contributed by atoms with van der Waals surface area (Å²) in [6.07, 6.45) is 2.17. The monoisotopic (exact) mass is 400 g/mol. The number of nitrogens with zero attached hydrogens (tertiary/aromatic N) is 2. The average molecular weight is 401 g/mol. The van der Waals surface area contributed by atoms with E-state index in [0.717, 1.165) is 55.6 Å². The summed E-state index contributed by atoms with van der Waals surface area (Å²) in [7, 11) is 0. The molecule has 150 valence electrons. The number of hydrogen-bond donors (Lipinski definition) is 3. The molecule has 0 aliphatic carbocycles. The van der Waals surface area contributed by atoms with Crippen LogP contribution >= 0.6 is 11.6 Å². The Labute approximate surface area is 172 Å². The van der Waals surface area contributed by atoms with Crippen LogP contribution in [0, 0.1) is 0 Å². The number of likely N-dealkylation sites (tertiary alicyclic amines) is 1. The van der Waals surface area contributed by atoms with Crippen molar-refractivity contribution in [2.45, 2.75) is 38.9 Å². The maximum atomic E-state index is 9.60. The molecule has 3 N–H and O–H groups in total. The van der Waals surface area contributed by atoms with Gasteiger partial charge in [-0.25, -0.2) is 4.99 Å². The van der Waals surface area contributed by atoms with Gasteiger partial charge >= 0.3 is 0 Å². The Morgan fingerprint density at radius 3 is 2.57 bits per heavy atom. The number of phenols is 1. The lowest BCUT2D eigenvalue weighted by atomic mass is 10.0. The molecule has 0 amide bonds. The topological polar surface area (TPSA) is 59.9 Å². The van der Waals surface area contributed by atoms with Crippen molar-refractivity contribution in [2.75, 3.05) is 19.6 Å². The molecule has 0 spiro atoms. The number of benzene rings is 2. The standard InChI is InChI=1S/C22H29ClN4O/c1-2-24-22(25-15-18-4-3-5-21(28)14-18)26-20-10-12-27(13-11-20)16-17-6-8-19(23)9-7-17/h3-9,14,20,28H,2,10-13,15-16H2,1H3,(H2,24,25,26). The molecule has 2 aromatic rings. The van der Waals surface area contributed by atoms with Gasteiger partial charge in [-0.2, -0.15) is 0 Å². The van der Waals surface area contributed by atoms with Gasteiger partial charge in [0.1, 0.15) is 5.75 Å². The number of aromatic hydroxyl groups is 1. The summed E-state index contributed by atoms with van der Waals surface area (Å²) in [5, 5.41) is 17.3. The number of phenolic OH excluding ortho intramolecular Hbond substituents is 1. The molecule has 1 aliphatic heterocycles. The van der Waals surface area contributed by atoms with E-state index in [1.807, 2.05) is 24.3 Å². The first-order valence-electron chi connectivity index (χ1n) is 9.92. The largest absolute Gasteiger partial charge is 0.508 e. The van der Waals surface area contributed by atoms with Crippen LogP contribution in [0.5, 0.6) is 5.75 Å². The minimum absolute atomic E-state index is 0.277. The third-order valence-electron chi connectivity index (χ3n) is 4.92. The summed E-state index contributed by atoms with van der Waals surface area (Å²) in [6.45, 7) is 6.52. The van der Waals surface area contributed by atoms with Crippen molar-refractivity contribution in [3.05, 3.63) is 64.7 Å². The highest BCUT2D eigenvalue weighted by Crippen LogP contribution is 2.16. The maximum absolute atomic E-state index is 9.60. The van der Waals surface area contributed by atoms with Gasteiger partial charge < -0.3 is 15.7 Å². The Bertz CT molecular complexity index is 770. The van der Waals surface area contributed by atoms with E-state index in [2.05, 4.69) is 39.6 Å². The predicted molar refractivity (Wildman–Crippen MR) is 116 cm³/mol. The number of aliphatic imine (C=N–C) groups is 1. The molecule has 0 radical (unpaired) electrons. The van der Waals surface area contributed by atoms with Crippen molar-refractivity contribution >= 4 is 17.6 Å². The highest BCUT2D eigenvalue weighted by atomic mass is 35.5. The summed E-state index contributed by atoms with van der Waals surface area (Å²) in [5.41, 5.74) is 2.30. The van der Waals surface area contributed by atoms with Crippen LogP contribution in [0.25, 0.3) is 0 Å². The quantitative estimate of drug-likeness (QED) is 0.510. The van der Waals surface area contributed by atoms with Gasteiger partial charge in [-0.1, -0.05) is 35.9 Å². The molecule has 1 aliphatic rings. The van der Waals surface area contributed by atoms with Crippen LogP contribution in [0.2, 0.25) is 5.02 Å². The second kappa shape index (κ2) is 10.3. The van der Waals surface area contributed by atoms with Crippen molar-refractivity contribution in [1.82, 2.24) is 15.5 Å². The molecule has 1 heterocycles. The van der Waals surface area contributed by atoms with Crippen molar-refractivity contribution in [2.24, 2.45) is 4.99 Å². The third kappa shape index (κ3) is 6.43. The van der Waals surface area contributed by atoms with E-state index in [1.54, 1.807) is 12.1 Å². The zero-order valence-electron chi connectivity index (χ0n) is 16.4. The number of rotatable bonds is 6. The smallest absolute Gasteiger partial charge is 0.191 e. The Morgan fingerprint density at radius 1 is 1.14 bits per heavy atom. The molecule has 0 unspecified atom stereocenters. The molecule has 1 saturated heterocycles. The van der Waals surface area contributed by atoms with Gasteiger partial charge in [0.2, 0.25) is 0 Å². The van der Waals surface area contributed by atoms with Crippen molar-refractivity contribution in [3.8, 4) is 5.75 Å². The van der Waals surface area contributed by atoms with Crippen LogP contribution in [0.3, 0.4) is 0 Å². The summed E-state index contributed by atoms with van der Waals surface area (Å²) in [6, 6.07) is 15.8. The molecule has 0 saturated carbocycles. The first-order chi connectivity index (χ1) is 13.6. The number of nitrogens with one attached hydrogen (secondary N) is 2. The highest BCUT2D eigenvalue weighted by Gasteiger charge is 2.20. The fraction of sp³-hybridized carbons (Fsp3) is 0.409. The van der Waals surface area contributed by atoms with Crippen LogP contribution < -0.4 is 10.6 Å². The normalized spacial score (nSPS) is 16.1. The number of piperidine rings is 1. The van der Waals surface area contributed by atoms with Gasteiger partial charge in [0.25, 0.3) is 0 Å². The van der Waals surface area contributed by atoms with Gasteiger partial charge in [0, 0.05) is 37.2 Å². The van der Waals surface area contributed by atoms with Crippen LogP contribution in [0.4, 0.5) is 0 Å². The Balaban J connectivity index is 1.49. The Hall–Kier alpha value is -2.24. The minimum atomic E-state index is 0.277. The first-order valence-corrected chi connectivity index (χ1v) is 10.3. The Morgan fingerprint density at radius 2 is 1.89 bits per heavy atom. The summed E-state index contributed by atoms with van der Waals surface area (Å²) >= 11 is 5.97. The molecule has 3 rings (SSSR count). The molecule has 2 aromatic carbocycles. The van der Waals surface area contributed by atoms with Crippen LogP contribution in [-0.2, 0) is 13.1 Å². The SMILES string of the molecule is CCNC(=NCc1cccc(O)c1)NC1CCN(Cc2ccc(Cl)cc2)CC1. The molecule has 6 heteroatoms. The van der Waals surface area contributed by atoms with E-state index in [0.29, 0.717) is 12.6 Å². The van der Waals surface area contributed by atoms with Crippen LogP contribution in [0.15, 0.2) is 53.5 Å². The van der Waals surface area contributed by atoms with Crippen molar-refractivity contribution < 1.29 is 5.11 Å². The molecular weight excluding hydrogens is 372 g/mol. The van der Waals surface area contributed by atoms with Gasteiger partial charge in [0.05, 0.1) is 6.54 Å². The van der Waals surface area contributed by atoms with Crippen molar-refractivity contribution in [3.63, 3.8) is 0 Å². The second-order valence-corrected chi connectivity index (χ2v) is 7.62. The molecule has 5 nitrogen and oxygen atoms in total. The fourth-order valence-electron chi connectivity index (χ4n) is 3.42. The average Bonchev–Trinajstić information content (AvgIpc) is 2.70. The second-order valence-electron chi connectivity index (χ2n) is 7.19. The zero-order chi connectivity index (χ0) is 19.8. The molecular formula is C22H29ClN4O. The summed E-state index contributed by atoms with van der Waals surface area (Å²) < 4.78 is 0. The summed E-state index contributed by atoms with van der Waals surface area (Å²) in [4.78, 5) is 7.16. The molecule has 0 aromatic heterocycles. The lowest BCUT2D eigenvalue weighted by Crippen LogP contribution is -2.48.